The van der Waals surface area contributed by atoms with Crippen LogP contribution in [0.1, 0.15) is 30.3 Å². The van der Waals surface area contributed by atoms with Gasteiger partial charge >= 0.3 is 0 Å². The Bertz CT molecular complexity index is 985. The van der Waals surface area contributed by atoms with Gasteiger partial charge in [-0.25, -0.2) is 4.98 Å². The molecule has 3 aromatic rings. The summed E-state index contributed by atoms with van der Waals surface area (Å²) in [5.41, 5.74) is 2.47. The van der Waals surface area contributed by atoms with Crippen molar-refractivity contribution in [1.29, 1.82) is 0 Å². The molecule has 1 heterocycles. The number of ether oxygens (including phenoxy) is 2. The van der Waals surface area contributed by atoms with Gasteiger partial charge in [-0.15, -0.1) is 0 Å². The second-order valence-electron chi connectivity index (χ2n) is 7.33. The maximum absolute atomic E-state index is 5.67. The summed E-state index contributed by atoms with van der Waals surface area (Å²) in [5, 5.41) is 6.74. The van der Waals surface area contributed by atoms with Crippen LogP contribution >= 0.6 is 0 Å². The van der Waals surface area contributed by atoms with Gasteiger partial charge in [-0.1, -0.05) is 36.4 Å². The minimum absolute atomic E-state index is 0.607. The molecule has 0 fully saturated rings. The van der Waals surface area contributed by atoms with Crippen LogP contribution in [-0.2, 0) is 19.5 Å². The number of rotatable bonds is 11. The van der Waals surface area contributed by atoms with Gasteiger partial charge in [0.1, 0.15) is 5.82 Å². The molecule has 7 heteroatoms. The van der Waals surface area contributed by atoms with Crippen LogP contribution in [0.4, 0.5) is 0 Å². The van der Waals surface area contributed by atoms with E-state index in [1.807, 2.05) is 31.5 Å². The van der Waals surface area contributed by atoms with E-state index in [4.69, 9.17) is 9.47 Å². The van der Waals surface area contributed by atoms with Crippen molar-refractivity contribution in [1.82, 2.24) is 20.2 Å². The first-order valence-corrected chi connectivity index (χ1v) is 11.0. The molecule has 0 saturated heterocycles. The number of aromatic nitrogens is 2. The van der Waals surface area contributed by atoms with Crippen molar-refractivity contribution in [3.63, 3.8) is 0 Å². The number of methoxy groups -OCH3 is 1. The molecule has 0 aliphatic rings. The van der Waals surface area contributed by atoms with E-state index in [1.54, 1.807) is 14.2 Å². The molecule has 0 amide bonds. The zero-order valence-corrected chi connectivity index (χ0v) is 19.2. The smallest absolute Gasteiger partial charge is 0.191 e. The zero-order valence-electron chi connectivity index (χ0n) is 19.2. The quantitative estimate of drug-likeness (QED) is 0.273. The maximum atomic E-state index is 5.67. The first-order valence-electron chi connectivity index (χ1n) is 11.0. The Morgan fingerprint density at radius 3 is 2.66 bits per heavy atom. The molecular formula is C25H33N5O2. The second kappa shape index (κ2) is 12.4. The second-order valence-corrected chi connectivity index (χ2v) is 7.33. The molecule has 170 valence electrons. The fourth-order valence-electron chi connectivity index (χ4n) is 3.46. The monoisotopic (exact) mass is 435 g/mol. The summed E-state index contributed by atoms with van der Waals surface area (Å²) in [4.78, 5) is 8.82. The summed E-state index contributed by atoms with van der Waals surface area (Å²) >= 11 is 0. The largest absolute Gasteiger partial charge is 0.493 e. The molecule has 0 unspecified atom stereocenters. The summed E-state index contributed by atoms with van der Waals surface area (Å²) in [6.45, 7) is 4.81. The van der Waals surface area contributed by atoms with Gasteiger partial charge in [-0.3, -0.25) is 4.99 Å². The van der Waals surface area contributed by atoms with Crippen molar-refractivity contribution in [2.75, 3.05) is 27.3 Å². The fraction of sp³-hybridized carbons (Fsp3) is 0.360. The highest BCUT2D eigenvalue weighted by Gasteiger charge is 2.07. The van der Waals surface area contributed by atoms with E-state index < -0.39 is 0 Å². The summed E-state index contributed by atoms with van der Waals surface area (Å²) in [6.07, 6.45) is 5.75. The van der Waals surface area contributed by atoms with E-state index in [1.165, 1.54) is 11.1 Å². The molecule has 0 aliphatic carbocycles. The number of nitrogens with one attached hydrogen (secondary N) is 2. The Labute approximate surface area is 190 Å². The lowest BCUT2D eigenvalue weighted by Gasteiger charge is -2.14. The summed E-state index contributed by atoms with van der Waals surface area (Å²) in [6, 6.07) is 16.5. The van der Waals surface area contributed by atoms with Crippen molar-refractivity contribution in [3.8, 4) is 11.5 Å². The predicted molar refractivity (Wildman–Crippen MR) is 128 cm³/mol. The van der Waals surface area contributed by atoms with Gasteiger partial charge in [0, 0.05) is 32.5 Å². The van der Waals surface area contributed by atoms with Gasteiger partial charge in [-0.05, 0) is 43.0 Å². The zero-order chi connectivity index (χ0) is 22.6. The molecule has 1 aromatic heterocycles. The van der Waals surface area contributed by atoms with E-state index in [0.717, 1.165) is 49.2 Å². The minimum atomic E-state index is 0.607. The van der Waals surface area contributed by atoms with E-state index in [9.17, 15) is 0 Å². The molecule has 32 heavy (non-hydrogen) atoms. The number of hydrogen-bond donors (Lipinski definition) is 2. The number of guanidine groups is 1. The number of aliphatic imine (C=N–C) groups is 1. The molecular weight excluding hydrogens is 402 g/mol. The first kappa shape index (κ1) is 23.2. The normalized spacial score (nSPS) is 11.3. The fourth-order valence-corrected chi connectivity index (χ4v) is 3.46. The Balaban J connectivity index is 1.44. The van der Waals surface area contributed by atoms with Crippen LogP contribution in [-0.4, -0.2) is 42.8 Å². The van der Waals surface area contributed by atoms with Gasteiger partial charge < -0.3 is 24.7 Å². The van der Waals surface area contributed by atoms with Crippen molar-refractivity contribution in [2.24, 2.45) is 4.99 Å². The topological polar surface area (TPSA) is 72.7 Å². The third-order valence-electron chi connectivity index (χ3n) is 5.10. The van der Waals surface area contributed by atoms with Crippen molar-refractivity contribution < 1.29 is 9.47 Å². The third kappa shape index (κ3) is 6.77. The standard InChI is InChI=1S/C25H33N5O2/c1-4-32-23-17-20(12-13-22(23)31-3)11-8-14-28-25(26-2)29-18-24-27-15-16-30(24)19-21-9-6-5-7-10-21/h5-7,9-10,12-13,15-17H,4,8,11,14,18-19H2,1-3H3,(H2,26,28,29). The van der Waals surface area contributed by atoms with Gasteiger partial charge in [-0.2, -0.15) is 0 Å². The molecule has 0 spiro atoms. The lowest BCUT2D eigenvalue weighted by atomic mass is 10.1. The van der Waals surface area contributed by atoms with Crippen LogP contribution < -0.4 is 20.1 Å². The Morgan fingerprint density at radius 2 is 1.91 bits per heavy atom. The molecule has 2 N–H and O–H groups in total. The van der Waals surface area contributed by atoms with Gasteiger partial charge in [0.2, 0.25) is 0 Å². The van der Waals surface area contributed by atoms with Crippen molar-refractivity contribution in [2.45, 2.75) is 32.9 Å². The highest BCUT2D eigenvalue weighted by Crippen LogP contribution is 2.28. The summed E-state index contributed by atoms with van der Waals surface area (Å²) in [5.74, 6) is 3.30. The van der Waals surface area contributed by atoms with Crippen LogP contribution in [0, 0.1) is 0 Å². The summed E-state index contributed by atoms with van der Waals surface area (Å²) < 4.78 is 13.2. The SMILES string of the molecule is CCOc1cc(CCCNC(=NC)NCc2nccn2Cc2ccccc2)ccc1OC. The molecule has 0 radical (unpaired) electrons. The average Bonchev–Trinajstić information content (AvgIpc) is 3.26. The van der Waals surface area contributed by atoms with E-state index in [0.29, 0.717) is 13.2 Å². The highest BCUT2D eigenvalue weighted by atomic mass is 16.5. The van der Waals surface area contributed by atoms with Crippen LogP contribution in [0.25, 0.3) is 0 Å². The van der Waals surface area contributed by atoms with Gasteiger partial charge in [0.15, 0.2) is 17.5 Å². The van der Waals surface area contributed by atoms with Crippen LogP contribution in [0.15, 0.2) is 65.9 Å². The molecule has 3 rings (SSSR count). The summed E-state index contributed by atoms with van der Waals surface area (Å²) in [7, 11) is 3.44. The number of nitrogens with zero attached hydrogens (tertiary/aromatic N) is 3. The maximum Gasteiger partial charge on any atom is 0.191 e. The molecule has 0 aliphatic heterocycles. The number of aryl methyl sites for hydroxylation is 1. The van der Waals surface area contributed by atoms with Crippen LogP contribution in [0.2, 0.25) is 0 Å². The molecule has 0 bridgehead atoms. The van der Waals surface area contributed by atoms with E-state index in [-0.39, 0.29) is 0 Å². The van der Waals surface area contributed by atoms with E-state index in [2.05, 4.69) is 61.6 Å². The van der Waals surface area contributed by atoms with Gasteiger partial charge in [0.05, 0.1) is 20.3 Å². The molecule has 0 saturated carbocycles. The molecule has 0 atom stereocenters. The Kier molecular flexibility index (Phi) is 8.98. The highest BCUT2D eigenvalue weighted by molar-refractivity contribution is 5.79. The number of hydrogen-bond acceptors (Lipinski definition) is 4. The molecule has 2 aromatic carbocycles. The number of benzene rings is 2. The Hall–Kier alpha value is -3.48. The van der Waals surface area contributed by atoms with Crippen molar-refractivity contribution in [3.05, 3.63) is 77.9 Å². The van der Waals surface area contributed by atoms with Crippen LogP contribution in [0.3, 0.4) is 0 Å². The van der Waals surface area contributed by atoms with Crippen LogP contribution in [0.5, 0.6) is 11.5 Å². The average molecular weight is 436 g/mol. The lowest BCUT2D eigenvalue weighted by molar-refractivity contribution is 0.310. The van der Waals surface area contributed by atoms with E-state index >= 15 is 0 Å². The predicted octanol–water partition coefficient (Wildman–Crippen LogP) is 3.64. The van der Waals surface area contributed by atoms with Gasteiger partial charge in [0.25, 0.3) is 0 Å². The van der Waals surface area contributed by atoms with Crippen molar-refractivity contribution >= 4 is 5.96 Å². The minimum Gasteiger partial charge on any atom is -0.493 e. The number of imidazole rings is 1. The Morgan fingerprint density at radius 1 is 1.06 bits per heavy atom. The first-order chi connectivity index (χ1) is 15.7. The third-order valence-corrected chi connectivity index (χ3v) is 5.10. The molecule has 7 nitrogen and oxygen atoms in total. The lowest BCUT2D eigenvalue weighted by Crippen LogP contribution is -2.38.